The van der Waals surface area contributed by atoms with Crippen LogP contribution in [0.25, 0.3) is 0 Å². The van der Waals surface area contributed by atoms with Crippen LogP contribution in [-0.4, -0.2) is 41.7 Å². The standard InChI is InChI=1S/C14H20BrNO3/c1-3-16(9-4-10-17)14(18)11(2)19-13-7-5-12(15)6-8-13/h5-8,11,17H,3-4,9-10H2,1-2H3. The van der Waals surface area contributed by atoms with Crippen molar-refractivity contribution < 1.29 is 14.6 Å². The maximum Gasteiger partial charge on any atom is 0.263 e. The van der Waals surface area contributed by atoms with E-state index in [9.17, 15) is 4.79 Å². The van der Waals surface area contributed by atoms with Crippen molar-refractivity contribution in [3.8, 4) is 5.75 Å². The fourth-order valence-electron chi connectivity index (χ4n) is 1.71. The Labute approximate surface area is 122 Å². The minimum Gasteiger partial charge on any atom is -0.481 e. The molecule has 1 aromatic rings. The van der Waals surface area contributed by atoms with Crippen molar-refractivity contribution in [3.05, 3.63) is 28.7 Å². The van der Waals surface area contributed by atoms with E-state index in [1.807, 2.05) is 31.2 Å². The van der Waals surface area contributed by atoms with Crippen LogP contribution in [0.5, 0.6) is 5.75 Å². The van der Waals surface area contributed by atoms with Gasteiger partial charge in [-0.3, -0.25) is 4.79 Å². The highest BCUT2D eigenvalue weighted by Crippen LogP contribution is 2.17. The second kappa shape index (κ2) is 8.17. The summed E-state index contributed by atoms with van der Waals surface area (Å²) in [6.45, 7) is 4.92. The fraction of sp³-hybridized carbons (Fsp3) is 0.500. The molecule has 0 fully saturated rings. The summed E-state index contributed by atoms with van der Waals surface area (Å²) in [5, 5.41) is 8.82. The minimum atomic E-state index is -0.528. The van der Waals surface area contributed by atoms with E-state index in [1.165, 1.54) is 0 Å². The molecular weight excluding hydrogens is 310 g/mol. The van der Waals surface area contributed by atoms with E-state index in [2.05, 4.69) is 15.9 Å². The normalized spacial score (nSPS) is 12.0. The van der Waals surface area contributed by atoms with Crippen LogP contribution in [0.4, 0.5) is 0 Å². The van der Waals surface area contributed by atoms with E-state index in [0.29, 0.717) is 25.3 Å². The lowest BCUT2D eigenvalue weighted by molar-refractivity contribution is -0.137. The van der Waals surface area contributed by atoms with Crippen LogP contribution < -0.4 is 4.74 Å². The molecule has 1 atom stereocenters. The molecule has 1 N–H and O–H groups in total. The number of rotatable bonds is 7. The van der Waals surface area contributed by atoms with Crippen molar-refractivity contribution in [2.75, 3.05) is 19.7 Å². The molecule has 1 rings (SSSR count). The molecule has 0 aliphatic heterocycles. The molecule has 106 valence electrons. The van der Waals surface area contributed by atoms with Crippen molar-refractivity contribution in [2.24, 2.45) is 0 Å². The number of likely N-dealkylation sites (N-methyl/N-ethyl adjacent to an activating group) is 1. The van der Waals surface area contributed by atoms with Gasteiger partial charge in [0, 0.05) is 24.2 Å². The first-order valence-electron chi connectivity index (χ1n) is 6.40. The maximum atomic E-state index is 12.2. The van der Waals surface area contributed by atoms with Gasteiger partial charge in [0.15, 0.2) is 6.10 Å². The van der Waals surface area contributed by atoms with E-state index >= 15 is 0 Å². The summed E-state index contributed by atoms with van der Waals surface area (Å²) < 4.78 is 6.59. The molecule has 0 bridgehead atoms. The first kappa shape index (κ1) is 16.0. The zero-order chi connectivity index (χ0) is 14.3. The summed E-state index contributed by atoms with van der Waals surface area (Å²) >= 11 is 3.35. The van der Waals surface area contributed by atoms with Gasteiger partial charge in [0.25, 0.3) is 5.91 Å². The van der Waals surface area contributed by atoms with Crippen molar-refractivity contribution in [3.63, 3.8) is 0 Å². The topological polar surface area (TPSA) is 49.8 Å². The van der Waals surface area contributed by atoms with E-state index in [4.69, 9.17) is 9.84 Å². The minimum absolute atomic E-state index is 0.0566. The van der Waals surface area contributed by atoms with Crippen molar-refractivity contribution in [1.82, 2.24) is 4.90 Å². The lowest BCUT2D eigenvalue weighted by atomic mass is 10.3. The lowest BCUT2D eigenvalue weighted by Crippen LogP contribution is -2.41. The van der Waals surface area contributed by atoms with Gasteiger partial charge in [-0.15, -0.1) is 0 Å². The molecule has 4 nitrogen and oxygen atoms in total. The van der Waals surface area contributed by atoms with Crippen LogP contribution in [0.2, 0.25) is 0 Å². The number of halogens is 1. The average molecular weight is 330 g/mol. The molecule has 0 aliphatic carbocycles. The Morgan fingerprint density at radius 3 is 2.58 bits per heavy atom. The summed E-state index contributed by atoms with van der Waals surface area (Å²) in [7, 11) is 0. The number of hydrogen-bond donors (Lipinski definition) is 1. The number of aliphatic hydroxyl groups is 1. The second-order valence-electron chi connectivity index (χ2n) is 4.21. The molecule has 1 aromatic carbocycles. The Morgan fingerprint density at radius 2 is 2.05 bits per heavy atom. The first-order chi connectivity index (χ1) is 9.08. The molecule has 0 aliphatic rings. The molecule has 0 spiro atoms. The Morgan fingerprint density at radius 1 is 1.42 bits per heavy atom. The van der Waals surface area contributed by atoms with Crippen LogP contribution in [0.3, 0.4) is 0 Å². The third-order valence-corrected chi connectivity index (χ3v) is 3.28. The SMILES string of the molecule is CCN(CCCO)C(=O)C(C)Oc1ccc(Br)cc1. The van der Waals surface area contributed by atoms with Gasteiger partial charge in [0.2, 0.25) is 0 Å². The number of benzene rings is 1. The quantitative estimate of drug-likeness (QED) is 0.835. The number of amides is 1. The van der Waals surface area contributed by atoms with E-state index in [0.717, 1.165) is 4.47 Å². The van der Waals surface area contributed by atoms with Crippen molar-refractivity contribution in [1.29, 1.82) is 0 Å². The predicted octanol–water partition coefficient (Wildman–Crippen LogP) is 2.45. The Hall–Kier alpha value is -1.07. The molecule has 0 radical (unpaired) electrons. The van der Waals surface area contributed by atoms with E-state index in [-0.39, 0.29) is 12.5 Å². The van der Waals surface area contributed by atoms with Crippen LogP contribution in [0.1, 0.15) is 20.3 Å². The van der Waals surface area contributed by atoms with E-state index in [1.54, 1.807) is 11.8 Å². The van der Waals surface area contributed by atoms with Gasteiger partial charge in [-0.05, 0) is 44.5 Å². The molecule has 0 aromatic heterocycles. The summed E-state index contributed by atoms with van der Waals surface area (Å²) in [5.41, 5.74) is 0. The first-order valence-corrected chi connectivity index (χ1v) is 7.19. The molecule has 0 saturated heterocycles. The average Bonchev–Trinajstić information content (AvgIpc) is 2.42. The Kier molecular flexibility index (Phi) is 6.87. The van der Waals surface area contributed by atoms with Crippen molar-refractivity contribution >= 4 is 21.8 Å². The second-order valence-corrected chi connectivity index (χ2v) is 5.12. The lowest BCUT2D eigenvalue weighted by Gasteiger charge is -2.24. The van der Waals surface area contributed by atoms with Crippen LogP contribution in [0, 0.1) is 0 Å². The van der Waals surface area contributed by atoms with E-state index < -0.39 is 6.10 Å². The van der Waals surface area contributed by atoms with Gasteiger partial charge in [0.1, 0.15) is 5.75 Å². The number of ether oxygens (including phenoxy) is 1. The van der Waals surface area contributed by atoms with Crippen LogP contribution in [-0.2, 0) is 4.79 Å². The number of carbonyl (C=O) groups is 1. The van der Waals surface area contributed by atoms with Crippen LogP contribution >= 0.6 is 15.9 Å². The highest BCUT2D eigenvalue weighted by atomic mass is 79.9. The van der Waals surface area contributed by atoms with Crippen LogP contribution in [0.15, 0.2) is 28.7 Å². The summed E-state index contributed by atoms with van der Waals surface area (Å²) in [6, 6.07) is 7.38. The molecule has 0 saturated carbocycles. The van der Waals surface area contributed by atoms with Crippen molar-refractivity contribution in [2.45, 2.75) is 26.4 Å². The number of aliphatic hydroxyl groups excluding tert-OH is 1. The van der Waals surface area contributed by atoms with Gasteiger partial charge in [0.05, 0.1) is 0 Å². The highest BCUT2D eigenvalue weighted by Gasteiger charge is 2.20. The summed E-state index contributed by atoms with van der Waals surface area (Å²) in [6.07, 6.45) is 0.0599. The van der Waals surface area contributed by atoms with Gasteiger partial charge in [-0.1, -0.05) is 15.9 Å². The largest absolute Gasteiger partial charge is 0.481 e. The molecule has 1 amide bonds. The van der Waals surface area contributed by atoms with Gasteiger partial charge in [-0.2, -0.15) is 0 Å². The molecule has 1 unspecified atom stereocenters. The number of carbonyl (C=O) groups excluding carboxylic acids is 1. The highest BCUT2D eigenvalue weighted by molar-refractivity contribution is 9.10. The maximum absolute atomic E-state index is 12.2. The summed E-state index contributed by atoms with van der Waals surface area (Å²) in [4.78, 5) is 13.9. The molecular formula is C14H20BrNO3. The van der Waals surface area contributed by atoms with Gasteiger partial charge < -0.3 is 14.7 Å². The predicted molar refractivity (Wildman–Crippen MR) is 78.2 cm³/mol. The zero-order valence-electron chi connectivity index (χ0n) is 11.3. The molecule has 0 heterocycles. The zero-order valence-corrected chi connectivity index (χ0v) is 12.9. The Bertz CT molecular complexity index is 394. The number of nitrogens with zero attached hydrogens (tertiary/aromatic N) is 1. The van der Waals surface area contributed by atoms with Gasteiger partial charge in [-0.25, -0.2) is 0 Å². The molecule has 5 heteroatoms. The number of hydrogen-bond acceptors (Lipinski definition) is 3. The fourth-order valence-corrected chi connectivity index (χ4v) is 1.97. The monoisotopic (exact) mass is 329 g/mol. The smallest absolute Gasteiger partial charge is 0.263 e. The summed E-state index contributed by atoms with van der Waals surface area (Å²) in [5.74, 6) is 0.612. The Balaban J connectivity index is 2.57. The van der Waals surface area contributed by atoms with Gasteiger partial charge >= 0.3 is 0 Å². The third-order valence-electron chi connectivity index (χ3n) is 2.75. The molecule has 19 heavy (non-hydrogen) atoms. The third kappa shape index (κ3) is 5.20.